The fourth-order valence-electron chi connectivity index (χ4n) is 2.08. The Bertz CT molecular complexity index is 857. The zero-order valence-corrected chi connectivity index (χ0v) is 15.0. The lowest BCUT2D eigenvalue weighted by atomic mass is 10.2. The van der Waals surface area contributed by atoms with E-state index in [4.69, 9.17) is 9.05 Å². The van der Waals surface area contributed by atoms with Crippen LogP contribution in [0.2, 0.25) is 0 Å². The summed E-state index contributed by atoms with van der Waals surface area (Å²) in [6, 6.07) is 13.9. The molecular weight excluding hydrogens is 359 g/mol. The van der Waals surface area contributed by atoms with Gasteiger partial charge < -0.3 is 14.4 Å². The number of hydrogen-bond acceptors (Lipinski definition) is 6. The van der Waals surface area contributed by atoms with Crippen LogP contribution in [0, 0.1) is 10.1 Å². The summed E-state index contributed by atoms with van der Waals surface area (Å²) in [4.78, 5) is 22.6. The fraction of sp³-hybridized carbons (Fsp3) is 0.118. The number of benzene rings is 2. The summed E-state index contributed by atoms with van der Waals surface area (Å²) >= 11 is 0. The third-order valence-corrected chi connectivity index (χ3v) is 5.25. The quantitative estimate of drug-likeness (QED) is 0.447. The molecule has 0 atom stereocenters. The number of carbonyl (C=O) groups is 1. The summed E-state index contributed by atoms with van der Waals surface area (Å²) in [5, 5.41) is 13.3. The first-order chi connectivity index (χ1) is 12.4. The molecule has 0 heterocycles. The first-order valence-electron chi connectivity index (χ1n) is 7.44. The molecule has 0 radical (unpaired) electrons. The highest BCUT2D eigenvalue weighted by molar-refractivity contribution is 7.58. The Morgan fingerprint density at radius 3 is 2.15 bits per heavy atom. The predicted octanol–water partition coefficient (Wildman–Crippen LogP) is 3.81. The second-order valence-electron chi connectivity index (χ2n) is 5.06. The maximum absolute atomic E-state index is 12.8. The molecule has 0 aliphatic rings. The molecular formula is C17H17N2O6P. The molecule has 2 aromatic rings. The zero-order valence-electron chi connectivity index (χ0n) is 14.1. The molecule has 0 fully saturated rings. The summed E-state index contributed by atoms with van der Waals surface area (Å²) in [5.41, 5.74) is 0.679. The van der Waals surface area contributed by atoms with Crippen LogP contribution in [0.1, 0.15) is 15.9 Å². The number of nitrogens with one attached hydrogen (secondary N) is 1. The molecule has 0 unspecified atom stereocenters. The number of nitro benzene ring substituents is 1. The van der Waals surface area contributed by atoms with Crippen molar-refractivity contribution < 1.29 is 23.3 Å². The van der Waals surface area contributed by atoms with Crippen LogP contribution in [-0.4, -0.2) is 25.1 Å². The van der Waals surface area contributed by atoms with Crippen molar-refractivity contribution in [1.29, 1.82) is 0 Å². The molecule has 0 saturated heterocycles. The minimum atomic E-state index is -3.77. The average molecular weight is 376 g/mol. The van der Waals surface area contributed by atoms with Gasteiger partial charge >= 0.3 is 7.60 Å². The van der Waals surface area contributed by atoms with Gasteiger partial charge in [0.25, 0.3) is 11.6 Å². The van der Waals surface area contributed by atoms with E-state index in [-0.39, 0.29) is 11.1 Å². The van der Waals surface area contributed by atoms with Crippen molar-refractivity contribution in [2.45, 2.75) is 0 Å². The minimum absolute atomic E-state index is 0.0785. The summed E-state index contributed by atoms with van der Waals surface area (Å²) in [6.45, 7) is 0. The van der Waals surface area contributed by atoms with Crippen molar-refractivity contribution in [3.8, 4) is 0 Å². The van der Waals surface area contributed by atoms with Crippen LogP contribution >= 0.6 is 7.60 Å². The van der Waals surface area contributed by atoms with Gasteiger partial charge in [-0.3, -0.25) is 19.5 Å². The number of non-ortho nitro benzene ring substituents is 1. The standard InChI is InChI=1S/C17H17N2O6P/c1-24-26(23,25-2)16(18-17(20)14-6-4-3-5-7-14)12-13-8-10-15(11-9-13)19(21)22/h3-12H,1-2H3,(H,18,20)/b16-12+. The van der Waals surface area contributed by atoms with Crippen LogP contribution < -0.4 is 5.32 Å². The van der Waals surface area contributed by atoms with Gasteiger partial charge in [0, 0.05) is 31.9 Å². The van der Waals surface area contributed by atoms with E-state index in [1.165, 1.54) is 44.6 Å². The topological polar surface area (TPSA) is 108 Å². The summed E-state index contributed by atoms with van der Waals surface area (Å²) < 4.78 is 22.7. The molecule has 136 valence electrons. The lowest BCUT2D eigenvalue weighted by Crippen LogP contribution is -2.23. The first-order valence-corrected chi connectivity index (χ1v) is 8.98. The van der Waals surface area contributed by atoms with Gasteiger partial charge in [-0.2, -0.15) is 0 Å². The predicted molar refractivity (Wildman–Crippen MR) is 96.6 cm³/mol. The molecule has 0 aliphatic carbocycles. The van der Waals surface area contributed by atoms with Crippen molar-refractivity contribution in [1.82, 2.24) is 5.32 Å². The van der Waals surface area contributed by atoms with Crippen molar-refractivity contribution >= 4 is 25.3 Å². The Kier molecular flexibility index (Phi) is 6.41. The largest absolute Gasteiger partial charge is 0.376 e. The number of nitrogens with zero attached hydrogens (tertiary/aromatic N) is 1. The molecule has 2 aromatic carbocycles. The molecule has 0 aromatic heterocycles. The number of hydrogen-bond donors (Lipinski definition) is 1. The van der Waals surface area contributed by atoms with E-state index < -0.39 is 18.4 Å². The lowest BCUT2D eigenvalue weighted by Gasteiger charge is -2.18. The second kappa shape index (κ2) is 8.53. The van der Waals surface area contributed by atoms with E-state index in [0.717, 1.165) is 0 Å². The van der Waals surface area contributed by atoms with Gasteiger partial charge in [-0.15, -0.1) is 0 Å². The smallest absolute Gasteiger partial charge is 0.315 e. The number of nitro groups is 1. The Morgan fingerprint density at radius 2 is 1.65 bits per heavy atom. The van der Waals surface area contributed by atoms with Crippen molar-refractivity contribution in [3.63, 3.8) is 0 Å². The van der Waals surface area contributed by atoms with Crippen LogP contribution in [0.4, 0.5) is 5.69 Å². The lowest BCUT2D eigenvalue weighted by molar-refractivity contribution is -0.384. The van der Waals surface area contributed by atoms with E-state index >= 15 is 0 Å². The van der Waals surface area contributed by atoms with Crippen molar-refractivity contribution in [2.24, 2.45) is 0 Å². The second-order valence-corrected chi connectivity index (χ2v) is 7.27. The summed E-state index contributed by atoms with van der Waals surface area (Å²) in [6.07, 6.45) is 1.39. The monoisotopic (exact) mass is 376 g/mol. The normalized spacial score (nSPS) is 11.8. The zero-order chi connectivity index (χ0) is 19.2. The van der Waals surface area contributed by atoms with Crippen LogP contribution in [0.25, 0.3) is 6.08 Å². The summed E-state index contributed by atoms with van der Waals surface area (Å²) in [7, 11) is -1.37. The molecule has 0 aliphatic heterocycles. The van der Waals surface area contributed by atoms with Crippen molar-refractivity contribution in [2.75, 3.05) is 14.2 Å². The SMILES string of the molecule is COP(=O)(OC)/C(=C/c1ccc([N+](=O)[O-])cc1)NC(=O)c1ccccc1. The minimum Gasteiger partial charge on any atom is -0.315 e. The Morgan fingerprint density at radius 1 is 1.08 bits per heavy atom. The molecule has 0 spiro atoms. The molecule has 8 nitrogen and oxygen atoms in total. The first kappa shape index (κ1) is 19.5. The van der Waals surface area contributed by atoms with Crippen LogP contribution in [-0.2, 0) is 13.6 Å². The average Bonchev–Trinajstić information content (AvgIpc) is 2.67. The van der Waals surface area contributed by atoms with E-state index in [1.54, 1.807) is 30.3 Å². The molecule has 0 saturated carbocycles. The van der Waals surface area contributed by atoms with Crippen LogP contribution in [0.15, 0.2) is 60.0 Å². The third kappa shape index (κ3) is 4.64. The van der Waals surface area contributed by atoms with E-state index in [9.17, 15) is 19.5 Å². The van der Waals surface area contributed by atoms with Gasteiger partial charge in [0.05, 0.1) is 4.92 Å². The van der Waals surface area contributed by atoms with Crippen molar-refractivity contribution in [3.05, 3.63) is 81.3 Å². The van der Waals surface area contributed by atoms with Gasteiger partial charge in [-0.25, -0.2) is 0 Å². The summed E-state index contributed by atoms with van der Waals surface area (Å²) in [5.74, 6) is -0.493. The molecule has 9 heteroatoms. The molecule has 1 amide bonds. The van der Waals surface area contributed by atoms with Gasteiger partial charge in [0.1, 0.15) is 5.44 Å². The van der Waals surface area contributed by atoms with Gasteiger partial charge in [-0.1, -0.05) is 18.2 Å². The van der Waals surface area contributed by atoms with Crippen LogP contribution in [0.5, 0.6) is 0 Å². The molecule has 2 rings (SSSR count). The highest BCUT2D eigenvalue weighted by Gasteiger charge is 2.29. The van der Waals surface area contributed by atoms with Gasteiger partial charge in [-0.05, 0) is 35.9 Å². The van der Waals surface area contributed by atoms with E-state index in [0.29, 0.717) is 11.1 Å². The molecule has 1 N–H and O–H groups in total. The number of amides is 1. The highest BCUT2D eigenvalue weighted by atomic mass is 31.2. The van der Waals surface area contributed by atoms with Gasteiger partial charge in [0.15, 0.2) is 0 Å². The number of carbonyl (C=O) groups excluding carboxylic acids is 1. The van der Waals surface area contributed by atoms with E-state index in [1.807, 2.05) is 0 Å². The third-order valence-electron chi connectivity index (χ3n) is 3.46. The maximum atomic E-state index is 12.8. The fourth-order valence-corrected chi connectivity index (χ4v) is 3.17. The molecule has 0 bridgehead atoms. The van der Waals surface area contributed by atoms with Crippen LogP contribution in [0.3, 0.4) is 0 Å². The maximum Gasteiger partial charge on any atom is 0.376 e. The Balaban J connectivity index is 2.39. The number of rotatable bonds is 7. The van der Waals surface area contributed by atoms with Gasteiger partial charge in [0.2, 0.25) is 0 Å². The Hall–Kier alpha value is -2.80. The van der Waals surface area contributed by atoms with E-state index in [2.05, 4.69) is 5.32 Å². The highest BCUT2D eigenvalue weighted by Crippen LogP contribution is 2.54. The molecule has 26 heavy (non-hydrogen) atoms. The Labute approximate surface area is 150 Å².